The molecule has 0 aromatic heterocycles. The molecule has 2 unspecified atom stereocenters. The summed E-state index contributed by atoms with van der Waals surface area (Å²) >= 11 is 0. The molecule has 8 heteroatoms. The van der Waals surface area contributed by atoms with E-state index in [1.165, 1.54) is 4.31 Å². The standard InChI is InChI=1S/C22H29N3O4S/c1-17-15-25(16-18(2)29-17)30(27,28)13-12-23-22(26)24-21-11-7-6-10-20(21)14-19-8-4-3-5-9-19/h3-11,17-18H,12-16H2,1-2H3,(H2,23,24,26). The van der Waals surface area contributed by atoms with Gasteiger partial charge in [0, 0.05) is 25.3 Å². The number of sulfonamides is 1. The lowest BCUT2D eigenvalue weighted by Crippen LogP contribution is -2.49. The fraction of sp³-hybridized carbons (Fsp3) is 0.409. The van der Waals surface area contributed by atoms with E-state index in [4.69, 9.17) is 4.74 Å². The Balaban J connectivity index is 1.53. The summed E-state index contributed by atoms with van der Waals surface area (Å²) in [5, 5.41) is 5.48. The van der Waals surface area contributed by atoms with Crippen LogP contribution < -0.4 is 10.6 Å². The Morgan fingerprint density at radius 3 is 2.37 bits per heavy atom. The van der Waals surface area contributed by atoms with Crippen LogP contribution in [0.3, 0.4) is 0 Å². The van der Waals surface area contributed by atoms with Crippen molar-refractivity contribution in [3.05, 3.63) is 65.7 Å². The summed E-state index contributed by atoms with van der Waals surface area (Å²) in [6.07, 6.45) is 0.417. The first kappa shape index (κ1) is 22.3. The van der Waals surface area contributed by atoms with E-state index >= 15 is 0 Å². The molecule has 2 amide bonds. The van der Waals surface area contributed by atoms with Crippen LogP contribution in [-0.4, -0.2) is 56.3 Å². The number of anilines is 1. The van der Waals surface area contributed by atoms with Crippen LogP contribution in [-0.2, 0) is 21.2 Å². The fourth-order valence-electron chi connectivity index (χ4n) is 3.56. The number of rotatable bonds is 7. The van der Waals surface area contributed by atoms with Gasteiger partial charge in [0.1, 0.15) is 0 Å². The Morgan fingerprint density at radius 1 is 1.03 bits per heavy atom. The molecule has 2 aromatic carbocycles. The molecule has 30 heavy (non-hydrogen) atoms. The summed E-state index contributed by atoms with van der Waals surface area (Å²) in [5.41, 5.74) is 2.84. The van der Waals surface area contributed by atoms with Crippen LogP contribution in [0.4, 0.5) is 10.5 Å². The summed E-state index contributed by atoms with van der Waals surface area (Å²) in [4.78, 5) is 12.3. The van der Waals surface area contributed by atoms with E-state index in [0.717, 1.165) is 11.1 Å². The zero-order chi connectivity index (χ0) is 21.6. The van der Waals surface area contributed by atoms with Gasteiger partial charge in [-0.05, 0) is 37.5 Å². The van der Waals surface area contributed by atoms with E-state index in [2.05, 4.69) is 10.6 Å². The molecule has 1 heterocycles. The van der Waals surface area contributed by atoms with Crippen molar-refractivity contribution >= 4 is 21.7 Å². The molecule has 0 aliphatic carbocycles. The van der Waals surface area contributed by atoms with Crippen molar-refractivity contribution in [2.45, 2.75) is 32.5 Å². The molecule has 1 aliphatic rings. The summed E-state index contributed by atoms with van der Waals surface area (Å²) < 4.78 is 32.2. The van der Waals surface area contributed by atoms with E-state index in [-0.39, 0.29) is 24.5 Å². The van der Waals surface area contributed by atoms with Gasteiger partial charge < -0.3 is 15.4 Å². The van der Waals surface area contributed by atoms with Crippen LogP contribution in [0.5, 0.6) is 0 Å². The number of urea groups is 1. The van der Waals surface area contributed by atoms with Crippen LogP contribution in [0, 0.1) is 0 Å². The zero-order valence-electron chi connectivity index (χ0n) is 17.4. The first-order valence-electron chi connectivity index (χ1n) is 10.1. The molecular formula is C22H29N3O4S. The Kier molecular flexibility index (Phi) is 7.47. The monoisotopic (exact) mass is 431 g/mol. The number of benzene rings is 2. The van der Waals surface area contributed by atoms with Crippen molar-refractivity contribution in [2.24, 2.45) is 0 Å². The predicted molar refractivity (Wildman–Crippen MR) is 118 cm³/mol. The Labute approximate surface area is 178 Å². The van der Waals surface area contributed by atoms with Crippen molar-refractivity contribution in [3.63, 3.8) is 0 Å². The smallest absolute Gasteiger partial charge is 0.319 e. The lowest BCUT2D eigenvalue weighted by Gasteiger charge is -2.34. The van der Waals surface area contributed by atoms with Crippen LogP contribution in [0.15, 0.2) is 54.6 Å². The lowest BCUT2D eigenvalue weighted by atomic mass is 10.0. The van der Waals surface area contributed by atoms with Crippen LogP contribution >= 0.6 is 0 Å². The Morgan fingerprint density at radius 2 is 1.67 bits per heavy atom. The first-order chi connectivity index (χ1) is 14.3. The highest BCUT2D eigenvalue weighted by molar-refractivity contribution is 7.89. The van der Waals surface area contributed by atoms with Gasteiger partial charge in [0.15, 0.2) is 0 Å². The fourth-order valence-corrected chi connectivity index (χ4v) is 5.05. The molecule has 1 saturated heterocycles. The van der Waals surface area contributed by atoms with Gasteiger partial charge in [-0.15, -0.1) is 0 Å². The average Bonchev–Trinajstić information content (AvgIpc) is 2.69. The molecule has 7 nitrogen and oxygen atoms in total. The molecule has 3 rings (SSSR count). The van der Waals surface area contributed by atoms with Gasteiger partial charge in [0.25, 0.3) is 0 Å². The molecule has 0 spiro atoms. The maximum atomic E-state index is 12.6. The molecule has 1 aliphatic heterocycles. The molecule has 0 saturated carbocycles. The number of para-hydroxylation sites is 1. The number of carbonyl (C=O) groups excluding carboxylic acids is 1. The largest absolute Gasteiger partial charge is 0.373 e. The van der Waals surface area contributed by atoms with E-state index < -0.39 is 16.1 Å². The molecule has 2 aromatic rings. The summed E-state index contributed by atoms with van der Waals surface area (Å²) in [6, 6.07) is 17.2. The third-order valence-electron chi connectivity index (χ3n) is 4.93. The third kappa shape index (κ3) is 6.29. The number of hydrogen-bond donors (Lipinski definition) is 2. The van der Waals surface area contributed by atoms with Gasteiger partial charge in [-0.3, -0.25) is 0 Å². The highest BCUT2D eigenvalue weighted by Crippen LogP contribution is 2.19. The molecule has 162 valence electrons. The van der Waals surface area contributed by atoms with Gasteiger partial charge in [-0.2, -0.15) is 4.31 Å². The third-order valence-corrected chi connectivity index (χ3v) is 6.73. The average molecular weight is 432 g/mol. The number of nitrogens with one attached hydrogen (secondary N) is 2. The second-order valence-electron chi connectivity index (χ2n) is 7.59. The molecule has 1 fully saturated rings. The van der Waals surface area contributed by atoms with Crippen molar-refractivity contribution < 1.29 is 17.9 Å². The summed E-state index contributed by atoms with van der Waals surface area (Å²) in [7, 11) is -3.46. The van der Waals surface area contributed by atoms with Crippen molar-refractivity contribution in [1.82, 2.24) is 9.62 Å². The Bertz CT molecular complexity index is 940. The summed E-state index contributed by atoms with van der Waals surface area (Å²) in [6.45, 7) is 4.43. The summed E-state index contributed by atoms with van der Waals surface area (Å²) in [5.74, 6) is -0.147. The number of carbonyl (C=O) groups is 1. The molecule has 0 bridgehead atoms. The molecule has 2 atom stereocenters. The second-order valence-corrected chi connectivity index (χ2v) is 9.68. The van der Waals surface area contributed by atoms with Crippen LogP contribution in [0.1, 0.15) is 25.0 Å². The Hall–Kier alpha value is -2.42. The van der Waals surface area contributed by atoms with Crippen molar-refractivity contribution in [3.8, 4) is 0 Å². The van der Waals surface area contributed by atoms with Gasteiger partial charge in [0.05, 0.1) is 18.0 Å². The van der Waals surface area contributed by atoms with Gasteiger partial charge >= 0.3 is 6.03 Å². The van der Waals surface area contributed by atoms with E-state index in [9.17, 15) is 13.2 Å². The minimum absolute atomic E-state index is 0.0368. The topological polar surface area (TPSA) is 87.7 Å². The van der Waals surface area contributed by atoms with E-state index in [0.29, 0.717) is 25.2 Å². The SMILES string of the molecule is CC1CN(S(=O)(=O)CCNC(=O)Nc2ccccc2Cc2ccccc2)CC(C)O1. The van der Waals surface area contributed by atoms with Crippen LogP contribution in [0.25, 0.3) is 0 Å². The van der Waals surface area contributed by atoms with E-state index in [1.54, 1.807) is 0 Å². The number of morpholine rings is 1. The quantitative estimate of drug-likeness (QED) is 0.706. The normalized spacial score (nSPS) is 19.9. The molecule has 0 radical (unpaired) electrons. The zero-order valence-corrected chi connectivity index (χ0v) is 18.2. The second kappa shape index (κ2) is 10.1. The maximum Gasteiger partial charge on any atom is 0.319 e. The minimum atomic E-state index is -3.46. The van der Waals surface area contributed by atoms with Gasteiger partial charge in [0.2, 0.25) is 10.0 Å². The number of nitrogens with zero attached hydrogens (tertiary/aromatic N) is 1. The van der Waals surface area contributed by atoms with Crippen molar-refractivity contribution in [1.29, 1.82) is 0 Å². The first-order valence-corrected chi connectivity index (χ1v) is 11.7. The van der Waals surface area contributed by atoms with Gasteiger partial charge in [-0.1, -0.05) is 48.5 Å². The molecular weight excluding hydrogens is 402 g/mol. The lowest BCUT2D eigenvalue weighted by molar-refractivity contribution is -0.0440. The molecule has 2 N–H and O–H groups in total. The number of amides is 2. The number of hydrogen-bond acceptors (Lipinski definition) is 4. The van der Waals surface area contributed by atoms with E-state index in [1.807, 2.05) is 68.4 Å². The predicted octanol–water partition coefficient (Wildman–Crippen LogP) is 2.84. The minimum Gasteiger partial charge on any atom is -0.373 e. The maximum absolute atomic E-state index is 12.6. The van der Waals surface area contributed by atoms with Gasteiger partial charge in [-0.25, -0.2) is 13.2 Å². The van der Waals surface area contributed by atoms with Crippen molar-refractivity contribution in [2.75, 3.05) is 30.7 Å². The number of ether oxygens (including phenoxy) is 1. The van der Waals surface area contributed by atoms with Crippen LogP contribution in [0.2, 0.25) is 0 Å². The highest BCUT2D eigenvalue weighted by Gasteiger charge is 2.30. The highest BCUT2D eigenvalue weighted by atomic mass is 32.2.